The second-order valence-corrected chi connectivity index (χ2v) is 3.96. The minimum atomic E-state index is -0.233. The summed E-state index contributed by atoms with van der Waals surface area (Å²) in [7, 11) is 0. The third kappa shape index (κ3) is 2.04. The molecule has 1 aromatic carbocycles. The van der Waals surface area contributed by atoms with Gasteiger partial charge in [-0.15, -0.1) is 0 Å². The molecule has 1 aliphatic rings. The predicted octanol–water partition coefficient (Wildman–Crippen LogP) is 1.21. The molecule has 1 aliphatic heterocycles. The van der Waals surface area contributed by atoms with Gasteiger partial charge in [0.1, 0.15) is 5.82 Å². The number of piperazine rings is 1. The Bertz CT molecular complexity index is 354. The minimum absolute atomic E-state index is 0.233. The number of nitrogens with zero attached hydrogens (tertiary/aromatic N) is 1. The first-order valence-electron chi connectivity index (χ1n) is 5.21. The molecule has 0 amide bonds. The molecule has 1 fully saturated rings. The first-order chi connectivity index (χ1) is 7.18. The van der Waals surface area contributed by atoms with Gasteiger partial charge in [0.15, 0.2) is 0 Å². The van der Waals surface area contributed by atoms with Crippen molar-refractivity contribution < 1.29 is 4.39 Å². The zero-order valence-corrected chi connectivity index (χ0v) is 8.83. The van der Waals surface area contributed by atoms with E-state index in [1.165, 1.54) is 6.07 Å². The van der Waals surface area contributed by atoms with Gasteiger partial charge in [0.2, 0.25) is 0 Å². The lowest BCUT2D eigenvalue weighted by Gasteiger charge is -2.36. The van der Waals surface area contributed by atoms with E-state index >= 15 is 0 Å². The van der Waals surface area contributed by atoms with Crippen LogP contribution >= 0.6 is 0 Å². The van der Waals surface area contributed by atoms with E-state index in [2.05, 4.69) is 17.1 Å². The highest BCUT2D eigenvalue weighted by Gasteiger charge is 2.20. The van der Waals surface area contributed by atoms with Crippen LogP contribution in [0.2, 0.25) is 0 Å². The van der Waals surface area contributed by atoms with Crippen LogP contribution in [0.5, 0.6) is 0 Å². The third-order valence-corrected chi connectivity index (χ3v) is 2.78. The largest absolute Gasteiger partial charge is 0.399 e. The van der Waals surface area contributed by atoms with Crippen LogP contribution < -0.4 is 16.0 Å². The van der Waals surface area contributed by atoms with Gasteiger partial charge in [-0.25, -0.2) is 4.39 Å². The zero-order chi connectivity index (χ0) is 10.8. The summed E-state index contributed by atoms with van der Waals surface area (Å²) in [6.45, 7) is 4.71. The van der Waals surface area contributed by atoms with E-state index < -0.39 is 0 Å². The van der Waals surface area contributed by atoms with Crippen LogP contribution in [-0.2, 0) is 0 Å². The van der Waals surface area contributed by atoms with Crippen molar-refractivity contribution in [2.24, 2.45) is 0 Å². The number of halogens is 1. The fourth-order valence-corrected chi connectivity index (χ4v) is 1.96. The molecule has 2 rings (SSSR count). The molecule has 3 N–H and O–H groups in total. The number of nitrogens with one attached hydrogen (secondary N) is 1. The molecule has 82 valence electrons. The smallest absolute Gasteiger partial charge is 0.148 e. The van der Waals surface area contributed by atoms with Crippen LogP contribution in [0.3, 0.4) is 0 Å². The molecule has 0 saturated carbocycles. The van der Waals surface area contributed by atoms with E-state index in [1.807, 2.05) is 0 Å². The Morgan fingerprint density at radius 2 is 2.33 bits per heavy atom. The van der Waals surface area contributed by atoms with Gasteiger partial charge in [-0.1, -0.05) is 0 Å². The Balaban J connectivity index is 2.27. The summed E-state index contributed by atoms with van der Waals surface area (Å²) in [4.78, 5) is 2.07. The Labute approximate surface area is 89.1 Å². The summed E-state index contributed by atoms with van der Waals surface area (Å²) in [5, 5.41) is 3.28. The SMILES string of the molecule is CC1CNCCN1c1ccc(N)cc1F. The maximum atomic E-state index is 13.7. The van der Waals surface area contributed by atoms with E-state index in [9.17, 15) is 4.39 Å². The molecule has 0 aromatic heterocycles. The molecule has 0 spiro atoms. The Morgan fingerprint density at radius 1 is 1.53 bits per heavy atom. The van der Waals surface area contributed by atoms with Gasteiger partial charge < -0.3 is 16.0 Å². The molecular formula is C11H16FN3. The second kappa shape index (κ2) is 4.06. The van der Waals surface area contributed by atoms with Gasteiger partial charge in [0.25, 0.3) is 0 Å². The zero-order valence-electron chi connectivity index (χ0n) is 8.83. The number of nitrogens with two attached hydrogens (primary N) is 1. The summed E-state index contributed by atoms with van der Waals surface area (Å²) >= 11 is 0. The number of benzene rings is 1. The summed E-state index contributed by atoms with van der Waals surface area (Å²) in [6, 6.07) is 5.20. The summed E-state index contributed by atoms with van der Waals surface area (Å²) < 4.78 is 13.7. The average molecular weight is 209 g/mol. The highest BCUT2D eigenvalue weighted by molar-refractivity contribution is 5.55. The second-order valence-electron chi connectivity index (χ2n) is 3.96. The van der Waals surface area contributed by atoms with Gasteiger partial charge in [-0.3, -0.25) is 0 Å². The normalized spacial score (nSPS) is 21.7. The van der Waals surface area contributed by atoms with E-state index in [-0.39, 0.29) is 5.82 Å². The Hall–Kier alpha value is -1.29. The topological polar surface area (TPSA) is 41.3 Å². The lowest BCUT2D eigenvalue weighted by Crippen LogP contribution is -2.50. The number of rotatable bonds is 1. The third-order valence-electron chi connectivity index (χ3n) is 2.78. The molecule has 1 atom stereocenters. The molecular weight excluding hydrogens is 193 g/mol. The van der Waals surface area contributed by atoms with Gasteiger partial charge >= 0.3 is 0 Å². The Morgan fingerprint density at radius 3 is 3.00 bits per heavy atom. The molecule has 1 unspecified atom stereocenters. The fourth-order valence-electron chi connectivity index (χ4n) is 1.96. The number of anilines is 2. The molecule has 1 saturated heterocycles. The number of hydrogen-bond donors (Lipinski definition) is 2. The number of nitrogen functional groups attached to an aromatic ring is 1. The van der Waals surface area contributed by atoms with Crippen molar-refractivity contribution in [1.82, 2.24) is 5.32 Å². The van der Waals surface area contributed by atoms with E-state index in [1.54, 1.807) is 12.1 Å². The van der Waals surface area contributed by atoms with Crippen molar-refractivity contribution in [2.45, 2.75) is 13.0 Å². The first-order valence-corrected chi connectivity index (χ1v) is 5.21. The molecule has 15 heavy (non-hydrogen) atoms. The summed E-state index contributed by atoms with van der Waals surface area (Å²) in [5.74, 6) is -0.233. The van der Waals surface area contributed by atoms with Crippen molar-refractivity contribution in [3.05, 3.63) is 24.0 Å². The van der Waals surface area contributed by atoms with Crippen molar-refractivity contribution in [2.75, 3.05) is 30.3 Å². The van der Waals surface area contributed by atoms with Gasteiger partial charge in [-0.2, -0.15) is 0 Å². The van der Waals surface area contributed by atoms with Crippen molar-refractivity contribution in [3.8, 4) is 0 Å². The molecule has 0 bridgehead atoms. The van der Waals surface area contributed by atoms with Crippen molar-refractivity contribution >= 4 is 11.4 Å². The Kier molecular flexibility index (Phi) is 2.77. The lowest BCUT2D eigenvalue weighted by atomic mass is 10.1. The molecule has 0 radical (unpaired) electrons. The molecule has 1 heterocycles. The van der Waals surface area contributed by atoms with Crippen LogP contribution in [0.1, 0.15) is 6.92 Å². The summed E-state index contributed by atoms with van der Waals surface area (Å²) in [6.07, 6.45) is 0. The standard InChI is InChI=1S/C11H16FN3/c1-8-7-14-4-5-15(8)11-3-2-9(13)6-10(11)12/h2-3,6,8,14H,4-5,7,13H2,1H3. The van der Waals surface area contributed by atoms with Crippen LogP contribution in [0.15, 0.2) is 18.2 Å². The quantitative estimate of drug-likeness (QED) is 0.683. The molecule has 4 heteroatoms. The molecule has 0 aliphatic carbocycles. The van der Waals surface area contributed by atoms with Gasteiger partial charge in [0, 0.05) is 31.4 Å². The van der Waals surface area contributed by atoms with Gasteiger partial charge in [0.05, 0.1) is 5.69 Å². The van der Waals surface area contributed by atoms with Crippen LogP contribution in [-0.4, -0.2) is 25.7 Å². The highest BCUT2D eigenvalue weighted by Crippen LogP contribution is 2.23. The first kappa shape index (κ1) is 10.2. The molecule has 1 aromatic rings. The maximum absolute atomic E-state index is 13.7. The maximum Gasteiger partial charge on any atom is 0.148 e. The average Bonchev–Trinajstić information content (AvgIpc) is 2.20. The number of hydrogen-bond acceptors (Lipinski definition) is 3. The minimum Gasteiger partial charge on any atom is -0.399 e. The van der Waals surface area contributed by atoms with Crippen LogP contribution in [0.4, 0.5) is 15.8 Å². The predicted molar refractivity (Wildman–Crippen MR) is 60.5 cm³/mol. The van der Waals surface area contributed by atoms with Crippen LogP contribution in [0.25, 0.3) is 0 Å². The van der Waals surface area contributed by atoms with Crippen LogP contribution in [0, 0.1) is 5.82 Å². The van der Waals surface area contributed by atoms with Crippen molar-refractivity contribution in [1.29, 1.82) is 0 Å². The monoisotopic (exact) mass is 209 g/mol. The highest BCUT2D eigenvalue weighted by atomic mass is 19.1. The van der Waals surface area contributed by atoms with Crippen molar-refractivity contribution in [3.63, 3.8) is 0 Å². The lowest BCUT2D eigenvalue weighted by molar-refractivity contribution is 0.491. The fraction of sp³-hybridized carbons (Fsp3) is 0.455. The van der Waals surface area contributed by atoms with E-state index in [0.29, 0.717) is 17.4 Å². The van der Waals surface area contributed by atoms with E-state index in [4.69, 9.17) is 5.73 Å². The van der Waals surface area contributed by atoms with E-state index in [0.717, 1.165) is 19.6 Å². The summed E-state index contributed by atoms with van der Waals surface area (Å²) in [5.41, 5.74) is 6.64. The molecule has 3 nitrogen and oxygen atoms in total. The van der Waals surface area contributed by atoms with Gasteiger partial charge in [-0.05, 0) is 25.1 Å².